The van der Waals surface area contributed by atoms with Crippen LogP contribution in [-0.2, 0) is 6.18 Å². The maximum Gasteiger partial charge on any atom is 0.419 e. The Balaban J connectivity index is 2.26. The highest BCUT2D eigenvalue weighted by atomic mass is 19.4. The smallest absolute Gasteiger partial charge is 0.383 e. The van der Waals surface area contributed by atoms with Gasteiger partial charge < -0.3 is 5.32 Å². The first-order chi connectivity index (χ1) is 10.5. The fourth-order valence-corrected chi connectivity index (χ4v) is 2.37. The first-order valence-electron chi connectivity index (χ1n) is 8.06. The van der Waals surface area contributed by atoms with Crippen molar-refractivity contribution >= 4 is 5.69 Å². The number of nitrogens with one attached hydrogen (secondary N) is 1. The molecule has 0 spiro atoms. The zero-order chi connectivity index (χ0) is 16.4. The summed E-state index contributed by atoms with van der Waals surface area (Å²) in [6.07, 6.45) is 4.52. The van der Waals surface area contributed by atoms with Gasteiger partial charge in [-0.3, -0.25) is 0 Å². The second kappa shape index (κ2) is 9.70. The lowest BCUT2D eigenvalue weighted by atomic mass is 10.1. The number of hydrogen-bond donors (Lipinski definition) is 1. The van der Waals surface area contributed by atoms with E-state index >= 15 is 0 Å². The van der Waals surface area contributed by atoms with Gasteiger partial charge in [0.15, 0.2) is 5.82 Å². The molecule has 0 aliphatic carbocycles. The van der Waals surface area contributed by atoms with E-state index in [1.165, 1.54) is 44.2 Å². The van der Waals surface area contributed by atoms with Crippen LogP contribution in [0.1, 0.15) is 63.9 Å². The Labute approximate surface area is 130 Å². The predicted octanol–water partition coefficient (Wildman–Crippen LogP) is 6.40. The molecule has 5 heteroatoms. The summed E-state index contributed by atoms with van der Waals surface area (Å²) in [7, 11) is 0. The van der Waals surface area contributed by atoms with E-state index in [2.05, 4.69) is 12.2 Å². The van der Waals surface area contributed by atoms with E-state index in [-0.39, 0.29) is 5.69 Å². The van der Waals surface area contributed by atoms with Crippen LogP contribution in [0.2, 0.25) is 0 Å². The van der Waals surface area contributed by atoms with Gasteiger partial charge in [-0.25, -0.2) is 4.39 Å². The molecule has 0 fully saturated rings. The molecule has 1 rings (SSSR count). The summed E-state index contributed by atoms with van der Waals surface area (Å²) in [6.45, 7) is 2.67. The van der Waals surface area contributed by atoms with Crippen molar-refractivity contribution < 1.29 is 17.6 Å². The monoisotopic (exact) mass is 319 g/mol. The van der Waals surface area contributed by atoms with Crippen molar-refractivity contribution in [3.8, 4) is 0 Å². The molecule has 1 nitrogen and oxygen atoms in total. The highest BCUT2D eigenvalue weighted by Crippen LogP contribution is 2.33. The minimum Gasteiger partial charge on any atom is -0.383 e. The molecule has 0 bridgehead atoms. The van der Waals surface area contributed by atoms with E-state index in [1.54, 1.807) is 0 Å². The first-order valence-corrected chi connectivity index (χ1v) is 8.06. The SMILES string of the molecule is CCCCCCCCCCNc1cccc(C(F)(F)F)c1F. The van der Waals surface area contributed by atoms with E-state index in [1.807, 2.05) is 0 Å². The summed E-state index contributed by atoms with van der Waals surface area (Å²) in [5.41, 5.74) is -1.29. The second-order valence-electron chi connectivity index (χ2n) is 5.57. The van der Waals surface area contributed by atoms with Crippen LogP contribution in [0.25, 0.3) is 0 Å². The molecule has 0 aromatic heterocycles. The highest BCUT2D eigenvalue weighted by molar-refractivity contribution is 5.48. The summed E-state index contributed by atoms with van der Waals surface area (Å²) in [5, 5.41) is 2.76. The van der Waals surface area contributed by atoms with Gasteiger partial charge in [-0.05, 0) is 18.6 Å². The zero-order valence-corrected chi connectivity index (χ0v) is 13.1. The summed E-state index contributed by atoms with van der Waals surface area (Å²) in [5.74, 6) is -1.21. The standard InChI is InChI=1S/C17H25F4N/c1-2-3-4-5-6-7-8-9-13-22-15-12-10-11-14(16(15)18)17(19,20)21/h10-12,22H,2-9,13H2,1H3. The third kappa shape index (κ3) is 6.67. The largest absolute Gasteiger partial charge is 0.419 e. The Morgan fingerprint density at radius 2 is 1.50 bits per heavy atom. The van der Waals surface area contributed by atoms with E-state index in [4.69, 9.17) is 0 Å². The van der Waals surface area contributed by atoms with Crippen LogP contribution < -0.4 is 5.32 Å². The predicted molar refractivity (Wildman–Crippen MR) is 82.5 cm³/mol. The van der Waals surface area contributed by atoms with Crippen molar-refractivity contribution in [1.82, 2.24) is 0 Å². The molecule has 0 saturated heterocycles. The normalized spacial score (nSPS) is 11.7. The van der Waals surface area contributed by atoms with Crippen molar-refractivity contribution in [2.45, 2.75) is 64.5 Å². The lowest BCUT2D eigenvalue weighted by molar-refractivity contribution is -0.139. The van der Waals surface area contributed by atoms with E-state index < -0.39 is 17.6 Å². The molecule has 126 valence electrons. The van der Waals surface area contributed by atoms with Gasteiger partial charge in [0.25, 0.3) is 0 Å². The Kier molecular flexibility index (Phi) is 8.28. The van der Waals surface area contributed by atoms with Gasteiger partial charge >= 0.3 is 6.18 Å². The molecule has 0 saturated carbocycles. The zero-order valence-electron chi connectivity index (χ0n) is 13.1. The summed E-state index contributed by atoms with van der Waals surface area (Å²) in [4.78, 5) is 0. The van der Waals surface area contributed by atoms with Crippen molar-refractivity contribution in [2.75, 3.05) is 11.9 Å². The van der Waals surface area contributed by atoms with E-state index in [0.29, 0.717) is 6.54 Å². The maximum absolute atomic E-state index is 13.7. The molecule has 22 heavy (non-hydrogen) atoms. The molecule has 0 heterocycles. The van der Waals surface area contributed by atoms with Crippen LogP contribution in [0.15, 0.2) is 18.2 Å². The molecule has 1 aromatic carbocycles. The summed E-state index contributed by atoms with van der Waals surface area (Å²) in [6, 6.07) is 3.33. The molecular formula is C17H25F4N. The van der Waals surface area contributed by atoms with Crippen LogP contribution in [0.3, 0.4) is 0 Å². The van der Waals surface area contributed by atoms with Crippen LogP contribution in [0.5, 0.6) is 0 Å². The van der Waals surface area contributed by atoms with Gasteiger partial charge in [-0.2, -0.15) is 13.2 Å². The lowest BCUT2D eigenvalue weighted by Crippen LogP contribution is -2.11. The summed E-state index contributed by atoms with van der Waals surface area (Å²) >= 11 is 0. The van der Waals surface area contributed by atoms with Crippen LogP contribution in [-0.4, -0.2) is 6.54 Å². The van der Waals surface area contributed by atoms with Crippen molar-refractivity contribution in [3.05, 3.63) is 29.6 Å². The number of benzene rings is 1. The fraction of sp³-hybridized carbons (Fsp3) is 0.647. The van der Waals surface area contributed by atoms with E-state index in [9.17, 15) is 17.6 Å². The minimum atomic E-state index is -4.65. The maximum atomic E-state index is 13.7. The average molecular weight is 319 g/mol. The molecule has 1 N–H and O–H groups in total. The van der Waals surface area contributed by atoms with Gasteiger partial charge in [0.2, 0.25) is 0 Å². The van der Waals surface area contributed by atoms with E-state index in [0.717, 1.165) is 25.3 Å². The lowest BCUT2D eigenvalue weighted by Gasteiger charge is -2.12. The topological polar surface area (TPSA) is 12.0 Å². The molecule has 0 atom stereocenters. The molecule has 0 unspecified atom stereocenters. The Morgan fingerprint density at radius 3 is 2.09 bits per heavy atom. The number of alkyl halides is 3. The van der Waals surface area contributed by atoms with Crippen LogP contribution >= 0.6 is 0 Å². The number of rotatable bonds is 10. The highest BCUT2D eigenvalue weighted by Gasteiger charge is 2.34. The first kappa shape index (κ1) is 18.8. The summed E-state index contributed by atoms with van der Waals surface area (Å²) < 4.78 is 51.5. The quantitative estimate of drug-likeness (QED) is 0.389. The van der Waals surface area contributed by atoms with Crippen LogP contribution in [0, 0.1) is 5.82 Å². The average Bonchev–Trinajstić information content (AvgIpc) is 2.46. The van der Waals surface area contributed by atoms with Gasteiger partial charge in [0, 0.05) is 6.54 Å². The molecule has 0 aliphatic heterocycles. The van der Waals surface area contributed by atoms with Crippen molar-refractivity contribution in [2.24, 2.45) is 0 Å². The minimum absolute atomic E-state index is 0.0715. The third-order valence-electron chi connectivity index (χ3n) is 3.65. The van der Waals surface area contributed by atoms with Gasteiger partial charge in [0.1, 0.15) is 0 Å². The molecule has 0 radical (unpaired) electrons. The van der Waals surface area contributed by atoms with Crippen molar-refractivity contribution in [1.29, 1.82) is 0 Å². The number of anilines is 1. The van der Waals surface area contributed by atoms with Crippen molar-refractivity contribution in [3.63, 3.8) is 0 Å². The molecule has 0 amide bonds. The number of halogens is 4. The van der Waals surface area contributed by atoms with Gasteiger partial charge in [0.05, 0.1) is 11.3 Å². The second-order valence-corrected chi connectivity index (χ2v) is 5.57. The van der Waals surface area contributed by atoms with Gasteiger partial charge in [-0.1, -0.05) is 57.9 Å². The Hall–Kier alpha value is -1.26. The Bertz CT molecular complexity index is 429. The Morgan fingerprint density at radius 1 is 0.909 bits per heavy atom. The molecule has 0 aliphatic rings. The molecule has 1 aromatic rings. The fourth-order valence-electron chi connectivity index (χ4n) is 2.37. The number of hydrogen-bond acceptors (Lipinski definition) is 1. The van der Waals surface area contributed by atoms with Gasteiger partial charge in [-0.15, -0.1) is 0 Å². The third-order valence-corrected chi connectivity index (χ3v) is 3.65. The number of unbranched alkanes of at least 4 members (excludes halogenated alkanes) is 7. The molecular weight excluding hydrogens is 294 g/mol. The van der Waals surface area contributed by atoms with Crippen LogP contribution in [0.4, 0.5) is 23.2 Å².